The Morgan fingerprint density at radius 2 is 1.44 bits per heavy atom. The second-order valence-corrected chi connectivity index (χ2v) is 11.8. The number of phenols is 3. The van der Waals surface area contributed by atoms with Gasteiger partial charge in [-0.3, -0.25) is 0 Å². The Kier molecular flexibility index (Phi) is 10.8. The minimum absolute atomic E-state index is 0.0512. The molecule has 0 amide bonds. The van der Waals surface area contributed by atoms with Gasteiger partial charge in [-0.1, -0.05) is 6.07 Å². The van der Waals surface area contributed by atoms with E-state index in [1.165, 1.54) is 45.6 Å². The van der Waals surface area contributed by atoms with Crippen molar-refractivity contribution in [3.05, 3.63) is 70.8 Å². The molecule has 1 heterocycles. The van der Waals surface area contributed by atoms with Gasteiger partial charge in [0.15, 0.2) is 40.8 Å². The average Bonchev–Trinajstić information content (AvgIpc) is 3.09. The average molecular weight is 673 g/mol. The maximum absolute atomic E-state index is 12.7. The molecule has 3 aromatic rings. The van der Waals surface area contributed by atoms with Crippen LogP contribution in [0.4, 0.5) is 0 Å². The van der Waals surface area contributed by atoms with Crippen molar-refractivity contribution in [2.75, 3.05) is 41.2 Å². The van der Waals surface area contributed by atoms with Gasteiger partial charge in [-0.15, -0.1) is 0 Å². The first-order chi connectivity index (χ1) is 23.0. The molecule has 0 aromatic heterocycles. The highest BCUT2D eigenvalue weighted by Crippen LogP contribution is 2.48. The summed E-state index contributed by atoms with van der Waals surface area (Å²) in [6, 6.07) is 12.0. The number of benzene rings is 3. The zero-order valence-electron chi connectivity index (χ0n) is 26.6. The molecule has 0 bridgehead atoms. The van der Waals surface area contributed by atoms with Gasteiger partial charge in [0.2, 0.25) is 0 Å². The third-order valence-electron chi connectivity index (χ3n) is 9.00. The van der Waals surface area contributed by atoms with E-state index in [4.69, 9.17) is 28.4 Å². The van der Waals surface area contributed by atoms with E-state index in [2.05, 4.69) is 0 Å². The summed E-state index contributed by atoms with van der Waals surface area (Å²) in [6.45, 7) is -0.895. The third-order valence-corrected chi connectivity index (χ3v) is 9.00. The second kappa shape index (κ2) is 14.8. The van der Waals surface area contributed by atoms with Crippen molar-refractivity contribution < 1.29 is 69.0 Å². The fourth-order valence-corrected chi connectivity index (χ4v) is 6.38. The van der Waals surface area contributed by atoms with E-state index >= 15 is 0 Å². The van der Waals surface area contributed by atoms with Crippen molar-refractivity contribution >= 4 is 5.97 Å². The standard InChI is InChI=1S/C34H40O14/c1-43-25-9-16(4-6-22(25)36)29-20-12-24(38)27(45-3)11-18(20)8-19(13-35)21(29)14-47-34-32(41)31(40)30(39)28(48-34)15-46-33(42)17-5-7-23(37)26(10-17)44-2/h4-7,9-12,19,21,28-32,34-41H,8,13-15H2,1-3H3/t19-,21-,28+,29-,30+,31-,32+,34+/m0/s1. The van der Waals surface area contributed by atoms with Crippen molar-refractivity contribution in [3.63, 3.8) is 0 Å². The maximum Gasteiger partial charge on any atom is 0.338 e. The number of aliphatic hydroxyl groups is 4. The fraction of sp³-hybridized carbons (Fsp3) is 0.441. The number of phenolic OH excluding ortho intramolecular Hbond substituents is 3. The lowest BCUT2D eigenvalue weighted by Crippen LogP contribution is -2.59. The summed E-state index contributed by atoms with van der Waals surface area (Å²) in [7, 11) is 4.17. The van der Waals surface area contributed by atoms with Crippen LogP contribution in [0.2, 0.25) is 0 Å². The summed E-state index contributed by atoms with van der Waals surface area (Å²) in [5, 5.41) is 73.4. The number of esters is 1. The molecule has 1 saturated heterocycles. The highest BCUT2D eigenvalue weighted by molar-refractivity contribution is 5.90. The number of fused-ring (bicyclic) bond motifs is 1. The van der Waals surface area contributed by atoms with Crippen LogP contribution in [0.15, 0.2) is 48.5 Å². The van der Waals surface area contributed by atoms with Gasteiger partial charge in [0, 0.05) is 12.5 Å². The van der Waals surface area contributed by atoms with Crippen LogP contribution >= 0.6 is 0 Å². The normalized spacial score (nSPS) is 26.7. The minimum Gasteiger partial charge on any atom is -0.504 e. The highest BCUT2D eigenvalue weighted by Gasteiger charge is 2.46. The third kappa shape index (κ3) is 6.95. The lowest BCUT2D eigenvalue weighted by atomic mass is 9.67. The van der Waals surface area contributed by atoms with Gasteiger partial charge in [0.05, 0.1) is 33.5 Å². The van der Waals surface area contributed by atoms with Crippen LogP contribution in [-0.4, -0.2) is 114 Å². The molecule has 14 heteroatoms. The van der Waals surface area contributed by atoms with Crippen molar-refractivity contribution in [2.24, 2.45) is 11.8 Å². The van der Waals surface area contributed by atoms with Gasteiger partial charge >= 0.3 is 5.97 Å². The first-order valence-electron chi connectivity index (χ1n) is 15.2. The van der Waals surface area contributed by atoms with E-state index in [0.29, 0.717) is 12.0 Å². The first-order valence-corrected chi connectivity index (χ1v) is 15.2. The Morgan fingerprint density at radius 3 is 2.10 bits per heavy atom. The van der Waals surface area contributed by atoms with Crippen molar-refractivity contribution in [1.29, 1.82) is 0 Å². The summed E-state index contributed by atoms with van der Waals surface area (Å²) in [5.74, 6) is -2.05. The zero-order chi connectivity index (χ0) is 34.7. The number of rotatable bonds is 11. The van der Waals surface area contributed by atoms with E-state index in [0.717, 1.165) is 11.1 Å². The largest absolute Gasteiger partial charge is 0.504 e. The van der Waals surface area contributed by atoms with E-state index in [1.54, 1.807) is 24.3 Å². The minimum atomic E-state index is -1.72. The van der Waals surface area contributed by atoms with Crippen molar-refractivity contribution in [3.8, 4) is 34.5 Å². The Labute approximate surface area is 276 Å². The SMILES string of the molecule is COc1cc(C(=O)OC[C@H]2O[C@@H](OC[C@H]3[C@H](CO)Cc4cc(OC)c(O)cc4[C@@H]3c3ccc(O)c(OC)c3)[C@H](O)[C@@H](O)[C@@H]2O)ccc1O. The smallest absolute Gasteiger partial charge is 0.338 e. The maximum atomic E-state index is 12.7. The van der Waals surface area contributed by atoms with Crippen LogP contribution < -0.4 is 14.2 Å². The Hall–Kier alpha value is -4.31. The predicted molar refractivity (Wildman–Crippen MR) is 167 cm³/mol. The van der Waals surface area contributed by atoms with Crippen LogP contribution in [0.5, 0.6) is 34.5 Å². The summed E-state index contributed by atoms with van der Waals surface area (Å²) in [4.78, 5) is 12.7. The molecule has 260 valence electrons. The molecule has 1 aliphatic heterocycles. The van der Waals surface area contributed by atoms with Crippen LogP contribution in [0.25, 0.3) is 0 Å². The van der Waals surface area contributed by atoms with Crippen molar-refractivity contribution in [2.45, 2.75) is 43.0 Å². The molecule has 2 aliphatic rings. The summed E-state index contributed by atoms with van der Waals surface area (Å²) in [6.07, 6.45) is -7.41. The molecule has 0 spiro atoms. The summed E-state index contributed by atoms with van der Waals surface area (Å²) in [5.41, 5.74) is 2.27. The number of aliphatic hydroxyl groups excluding tert-OH is 4. The molecule has 1 fully saturated rings. The Morgan fingerprint density at radius 1 is 0.792 bits per heavy atom. The second-order valence-electron chi connectivity index (χ2n) is 11.8. The van der Waals surface area contributed by atoms with Crippen molar-refractivity contribution in [1.82, 2.24) is 0 Å². The number of carbonyl (C=O) groups is 1. The molecule has 48 heavy (non-hydrogen) atoms. The summed E-state index contributed by atoms with van der Waals surface area (Å²) < 4.78 is 32.9. The van der Waals surface area contributed by atoms with Crippen LogP contribution in [0.1, 0.15) is 33.0 Å². The van der Waals surface area contributed by atoms with Crippen LogP contribution in [0.3, 0.4) is 0 Å². The lowest BCUT2D eigenvalue weighted by molar-refractivity contribution is -0.304. The van der Waals surface area contributed by atoms with Crippen LogP contribution in [0, 0.1) is 11.8 Å². The molecule has 7 N–H and O–H groups in total. The lowest BCUT2D eigenvalue weighted by Gasteiger charge is -2.43. The van der Waals surface area contributed by atoms with Gasteiger partial charge in [-0.2, -0.15) is 0 Å². The van der Waals surface area contributed by atoms with Gasteiger partial charge < -0.3 is 64.2 Å². The van der Waals surface area contributed by atoms with Crippen LogP contribution in [-0.2, 0) is 20.6 Å². The molecule has 0 radical (unpaired) electrons. The molecule has 5 rings (SSSR count). The van der Waals surface area contributed by atoms with E-state index in [9.17, 15) is 40.5 Å². The molecular formula is C34H40O14. The topological polar surface area (TPSA) is 214 Å². The number of carbonyl (C=O) groups excluding carboxylic acids is 1. The highest BCUT2D eigenvalue weighted by atomic mass is 16.7. The molecule has 3 aromatic carbocycles. The number of ether oxygens (including phenoxy) is 6. The molecule has 8 atom stereocenters. The van der Waals surface area contributed by atoms with E-state index in [-0.39, 0.29) is 53.3 Å². The molecule has 14 nitrogen and oxygen atoms in total. The Bertz CT molecular complexity index is 1590. The van der Waals surface area contributed by atoms with Gasteiger partial charge in [-0.25, -0.2) is 4.79 Å². The Balaban J connectivity index is 1.38. The monoisotopic (exact) mass is 672 g/mol. The molecular weight excluding hydrogens is 632 g/mol. The zero-order valence-corrected chi connectivity index (χ0v) is 26.6. The van der Waals surface area contributed by atoms with E-state index < -0.39 is 61.0 Å². The molecule has 0 saturated carbocycles. The molecule has 0 unspecified atom stereocenters. The molecule has 1 aliphatic carbocycles. The van der Waals surface area contributed by atoms with Gasteiger partial charge in [0.1, 0.15) is 31.0 Å². The van der Waals surface area contributed by atoms with E-state index in [1.807, 2.05) is 0 Å². The predicted octanol–water partition coefficient (Wildman–Crippen LogP) is 1.42. The summed E-state index contributed by atoms with van der Waals surface area (Å²) >= 11 is 0. The number of hydrogen-bond donors (Lipinski definition) is 7. The number of methoxy groups -OCH3 is 3. The van der Waals surface area contributed by atoms with Gasteiger partial charge in [0.25, 0.3) is 0 Å². The quantitative estimate of drug-likeness (QED) is 0.144. The van der Waals surface area contributed by atoms with Gasteiger partial charge in [-0.05, 0) is 77.4 Å². The number of aromatic hydroxyl groups is 3. The fourth-order valence-electron chi connectivity index (χ4n) is 6.38. The first kappa shape index (κ1) is 35.0. The number of hydrogen-bond acceptors (Lipinski definition) is 14.